The Balaban J connectivity index is 2.48. The molecule has 1 saturated heterocycles. The highest BCUT2D eigenvalue weighted by molar-refractivity contribution is 5.07. The van der Waals surface area contributed by atoms with Gasteiger partial charge in [0.25, 0.3) is 0 Å². The highest BCUT2D eigenvalue weighted by Gasteiger charge is 2.20. The Morgan fingerprint density at radius 1 is 1.10 bits per heavy atom. The van der Waals surface area contributed by atoms with Gasteiger partial charge in [0.05, 0.1) is 12.1 Å². The number of nitrogens with zero attached hydrogens (tertiary/aromatic N) is 3. The van der Waals surface area contributed by atoms with Gasteiger partial charge in [-0.15, -0.1) is 0 Å². The second-order valence-electron chi connectivity index (χ2n) is 2.40. The van der Waals surface area contributed by atoms with Crippen molar-refractivity contribution in [2.24, 2.45) is 0 Å². The average molecular weight is 135 g/mol. The predicted molar refractivity (Wildman–Crippen MR) is 35.8 cm³/mol. The number of hydrogen-bond donors (Lipinski definition) is 0. The van der Waals surface area contributed by atoms with Gasteiger partial charge in [-0.1, -0.05) is 0 Å². The van der Waals surface area contributed by atoms with Crippen LogP contribution >= 0.6 is 0 Å². The van der Waals surface area contributed by atoms with E-state index in [1.807, 2.05) is 17.0 Å². The maximum Gasteiger partial charge on any atom is 0.186 e. The molecule has 0 atom stereocenters. The molecule has 0 radical (unpaired) electrons. The van der Waals surface area contributed by atoms with Crippen LogP contribution in [0, 0.1) is 22.7 Å². The summed E-state index contributed by atoms with van der Waals surface area (Å²) in [6.45, 7) is 1.82. The molecule has 1 rings (SSSR count). The van der Waals surface area contributed by atoms with E-state index in [2.05, 4.69) is 0 Å². The van der Waals surface area contributed by atoms with Gasteiger partial charge in [-0.3, -0.25) is 4.90 Å². The largest absolute Gasteiger partial charge is 0.276 e. The molecule has 10 heavy (non-hydrogen) atoms. The van der Waals surface area contributed by atoms with E-state index in [1.165, 1.54) is 0 Å². The predicted octanol–water partition coefficient (Wildman–Crippen LogP) is 0.498. The van der Waals surface area contributed by atoms with Crippen molar-refractivity contribution in [1.29, 1.82) is 10.5 Å². The van der Waals surface area contributed by atoms with E-state index in [0.29, 0.717) is 0 Å². The summed E-state index contributed by atoms with van der Waals surface area (Å²) in [5.41, 5.74) is 0. The lowest BCUT2D eigenvalue weighted by molar-refractivity contribution is 0.333. The Morgan fingerprint density at radius 3 is 2.00 bits per heavy atom. The first-order chi connectivity index (χ1) is 4.88. The zero-order chi connectivity index (χ0) is 7.40. The van der Waals surface area contributed by atoms with Crippen molar-refractivity contribution in [2.45, 2.75) is 18.9 Å². The van der Waals surface area contributed by atoms with E-state index in [9.17, 15) is 0 Å². The molecule has 1 aliphatic heterocycles. The summed E-state index contributed by atoms with van der Waals surface area (Å²) in [5, 5.41) is 16.9. The molecular formula is C7H9N3. The van der Waals surface area contributed by atoms with Gasteiger partial charge in [-0.25, -0.2) is 0 Å². The van der Waals surface area contributed by atoms with Crippen molar-refractivity contribution < 1.29 is 0 Å². The first kappa shape index (κ1) is 7.05. The van der Waals surface area contributed by atoms with Gasteiger partial charge in [-0.2, -0.15) is 10.5 Å². The SMILES string of the molecule is N#CC(C#N)N1CCCC1. The lowest BCUT2D eigenvalue weighted by atomic mass is 10.3. The molecule has 0 aliphatic carbocycles. The monoisotopic (exact) mass is 135 g/mol. The summed E-state index contributed by atoms with van der Waals surface area (Å²) >= 11 is 0. The number of hydrogen-bond acceptors (Lipinski definition) is 3. The van der Waals surface area contributed by atoms with E-state index in [-0.39, 0.29) is 0 Å². The van der Waals surface area contributed by atoms with Crippen LogP contribution in [0.3, 0.4) is 0 Å². The van der Waals surface area contributed by atoms with Gasteiger partial charge in [0.15, 0.2) is 6.04 Å². The van der Waals surface area contributed by atoms with Gasteiger partial charge < -0.3 is 0 Å². The topological polar surface area (TPSA) is 50.8 Å². The Bertz CT molecular complexity index is 166. The summed E-state index contributed by atoms with van der Waals surface area (Å²) < 4.78 is 0. The van der Waals surface area contributed by atoms with Crippen LogP contribution in [0.25, 0.3) is 0 Å². The molecule has 0 N–H and O–H groups in total. The summed E-state index contributed by atoms with van der Waals surface area (Å²) in [6.07, 6.45) is 2.25. The molecule has 0 unspecified atom stereocenters. The van der Waals surface area contributed by atoms with Crippen LogP contribution in [0.4, 0.5) is 0 Å². The van der Waals surface area contributed by atoms with Crippen LogP contribution in [-0.4, -0.2) is 24.0 Å². The van der Waals surface area contributed by atoms with Crippen LogP contribution in [0.2, 0.25) is 0 Å². The maximum absolute atomic E-state index is 8.47. The van der Waals surface area contributed by atoms with E-state index in [4.69, 9.17) is 10.5 Å². The molecule has 0 bridgehead atoms. The summed E-state index contributed by atoms with van der Waals surface area (Å²) in [4.78, 5) is 1.92. The smallest absolute Gasteiger partial charge is 0.186 e. The lowest BCUT2D eigenvalue weighted by Gasteiger charge is -2.13. The zero-order valence-electron chi connectivity index (χ0n) is 5.75. The van der Waals surface area contributed by atoms with Crippen LogP contribution in [0.1, 0.15) is 12.8 Å². The van der Waals surface area contributed by atoms with Gasteiger partial charge >= 0.3 is 0 Å². The van der Waals surface area contributed by atoms with Crippen LogP contribution in [-0.2, 0) is 0 Å². The third-order valence-electron chi connectivity index (χ3n) is 1.75. The molecule has 3 nitrogen and oxygen atoms in total. The maximum atomic E-state index is 8.47. The highest BCUT2D eigenvalue weighted by atomic mass is 15.2. The molecule has 1 heterocycles. The van der Waals surface area contributed by atoms with Gasteiger partial charge in [0.1, 0.15) is 0 Å². The van der Waals surface area contributed by atoms with Crippen molar-refractivity contribution in [3.63, 3.8) is 0 Å². The lowest BCUT2D eigenvalue weighted by Crippen LogP contribution is -2.29. The van der Waals surface area contributed by atoms with Gasteiger partial charge in [0, 0.05) is 13.1 Å². The minimum atomic E-state index is -0.512. The van der Waals surface area contributed by atoms with Crippen molar-refractivity contribution in [3.05, 3.63) is 0 Å². The zero-order valence-corrected chi connectivity index (χ0v) is 5.75. The molecule has 0 amide bonds. The molecule has 52 valence electrons. The minimum Gasteiger partial charge on any atom is -0.276 e. The van der Waals surface area contributed by atoms with Crippen LogP contribution in [0.15, 0.2) is 0 Å². The molecule has 0 aromatic carbocycles. The third kappa shape index (κ3) is 1.26. The Morgan fingerprint density at radius 2 is 1.60 bits per heavy atom. The normalized spacial score (nSPS) is 18.7. The first-order valence-corrected chi connectivity index (χ1v) is 3.42. The molecule has 1 aliphatic rings. The number of likely N-dealkylation sites (tertiary alicyclic amines) is 1. The molecule has 0 spiro atoms. The van der Waals surface area contributed by atoms with Crippen molar-refractivity contribution >= 4 is 0 Å². The number of rotatable bonds is 1. The van der Waals surface area contributed by atoms with Crippen molar-refractivity contribution in [1.82, 2.24) is 4.90 Å². The van der Waals surface area contributed by atoms with Gasteiger partial charge in [-0.05, 0) is 12.8 Å². The molecular weight excluding hydrogens is 126 g/mol. The van der Waals surface area contributed by atoms with Crippen molar-refractivity contribution in [2.75, 3.05) is 13.1 Å². The third-order valence-corrected chi connectivity index (χ3v) is 1.75. The van der Waals surface area contributed by atoms with E-state index in [1.54, 1.807) is 0 Å². The van der Waals surface area contributed by atoms with Crippen LogP contribution < -0.4 is 0 Å². The Kier molecular flexibility index (Phi) is 2.25. The van der Waals surface area contributed by atoms with E-state index in [0.717, 1.165) is 25.9 Å². The number of nitriles is 2. The fourth-order valence-electron chi connectivity index (χ4n) is 1.19. The highest BCUT2D eigenvalue weighted by Crippen LogP contribution is 2.10. The molecule has 0 aromatic heterocycles. The fourth-order valence-corrected chi connectivity index (χ4v) is 1.19. The molecule has 1 fully saturated rings. The van der Waals surface area contributed by atoms with Crippen LogP contribution in [0.5, 0.6) is 0 Å². The quantitative estimate of drug-likeness (QED) is 0.526. The van der Waals surface area contributed by atoms with E-state index >= 15 is 0 Å². The van der Waals surface area contributed by atoms with E-state index < -0.39 is 6.04 Å². The molecule has 0 saturated carbocycles. The average Bonchev–Trinajstić information content (AvgIpc) is 2.43. The molecule has 3 heteroatoms. The second kappa shape index (κ2) is 3.20. The second-order valence-corrected chi connectivity index (χ2v) is 2.40. The fraction of sp³-hybridized carbons (Fsp3) is 0.714. The standard InChI is InChI=1S/C7H9N3/c8-5-7(6-9)10-3-1-2-4-10/h7H,1-4H2. The Labute approximate surface area is 60.5 Å². The summed E-state index contributed by atoms with van der Waals surface area (Å²) in [7, 11) is 0. The minimum absolute atomic E-state index is 0.512. The molecule has 0 aromatic rings. The summed E-state index contributed by atoms with van der Waals surface area (Å²) in [5.74, 6) is 0. The van der Waals surface area contributed by atoms with Crippen molar-refractivity contribution in [3.8, 4) is 12.1 Å². The van der Waals surface area contributed by atoms with Gasteiger partial charge in [0.2, 0.25) is 0 Å². The summed E-state index contributed by atoms with van der Waals surface area (Å²) in [6, 6.07) is 3.41. The first-order valence-electron chi connectivity index (χ1n) is 3.42. The Hall–Kier alpha value is -1.06.